The number of nitrogens with one attached hydrogen (secondary N) is 1. The van der Waals surface area contributed by atoms with Crippen molar-refractivity contribution in [2.24, 2.45) is 0 Å². The molecule has 0 spiro atoms. The Bertz CT molecular complexity index is 1190. The van der Waals surface area contributed by atoms with E-state index in [4.69, 9.17) is 9.47 Å². The molecule has 4 aromatic carbocycles. The SMILES string of the molecule is COc1ccc(-c2cccc(C3CCNCC3OCc3ccc4ccccc4c3)c2)cc1.Cl. The fraction of sp³-hybridized carbons (Fsp3) is 0.241. The maximum atomic E-state index is 6.48. The molecule has 3 nitrogen and oxygen atoms in total. The molecule has 0 aliphatic carbocycles. The number of benzene rings is 4. The predicted molar refractivity (Wildman–Crippen MR) is 138 cm³/mol. The number of piperidine rings is 1. The van der Waals surface area contributed by atoms with Crippen LogP contribution in [-0.2, 0) is 11.3 Å². The van der Waals surface area contributed by atoms with Crippen LogP contribution in [0.5, 0.6) is 5.75 Å². The normalized spacial score (nSPS) is 18.0. The third-order valence-electron chi connectivity index (χ3n) is 6.44. The van der Waals surface area contributed by atoms with Gasteiger partial charge in [0, 0.05) is 12.5 Å². The standard InChI is InChI=1S/C29H29NO2.ClH/c1-31-27-13-11-23(12-14-27)25-7-4-8-26(18-25)28-15-16-30-19-29(28)32-20-21-9-10-22-5-2-3-6-24(22)17-21;/h2-14,17-18,28-30H,15-16,19-20H2,1H3;1H. The molecule has 5 rings (SSSR count). The number of fused-ring (bicyclic) bond motifs is 1. The Labute approximate surface area is 202 Å². The third-order valence-corrected chi connectivity index (χ3v) is 6.44. The van der Waals surface area contributed by atoms with E-state index < -0.39 is 0 Å². The van der Waals surface area contributed by atoms with Crippen LogP contribution >= 0.6 is 12.4 Å². The zero-order valence-corrected chi connectivity index (χ0v) is 19.7. The Hall–Kier alpha value is -2.85. The fourth-order valence-electron chi connectivity index (χ4n) is 4.65. The van der Waals surface area contributed by atoms with Crippen LogP contribution in [0.2, 0.25) is 0 Å². The van der Waals surface area contributed by atoms with Crippen LogP contribution < -0.4 is 10.1 Å². The van der Waals surface area contributed by atoms with E-state index in [-0.39, 0.29) is 18.5 Å². The van der Waals surface area contributed by atoms with Crippen LogP contribution in [0.3, 0.4) is 0 Å². The number of methoxy groups -OCH3 is 1. The van der Waals surface area contributed by atoms with Crippen LogP contribution in [0.4, 0.5) is 0 Å². The van der Waals surface area contributed by atoms with Gasteiger partial charge in [0.1, 0.15) is 5.75 Å². The van der Waals surface area contributed by atoms with Gasteiger partial charge in [-0.2, -0.15) is 0 Å². The average molecular weight is 460 g/mol. The molecule has 4 aromatic rings. The molecule has 1 aliphatic heterocycles. The molecule has 1 heterocycles. The molecular weight excluding hydrogens is 430 g/mol. The lowest BCUT2D eigenvalue weighted by Crippen LogP contribution is -2.41. The maximum Gasteiger partial charge on any atom is 0.118 e. The van der Waals surface area contributed by atoms with Crippen LogP contribution in [0.1, 0.15) is 23.5 Å². The molecule has 1 aliphatic rings. The zero-order valence-electron chi connectivity index (χ0n) is 18.9. The van der Waals surface area contributed by atoms with E-state index in [1.54, 1.807) is 7.11 Å². The molecule has 33 heavy (non-hydrogen) atoms. The van der Waals surface area contributed by atoms with Gasteiger partial charge in [0.2, 0.25) is 0 Å². The van der Waals surface area contributed by atoms with Crippen molar-refractivity contribution in [2.75, 3.05) is 20.2 Å². The molecule has 0 radical (unpaired) electrons. The molecule has 0 bridgehead atoms. The first-order chi connectivity index (χ1) is 15.8. The highest BCUT2D eigenvalue weighted by molar-refractivity contribution is 5.85. The summed E-state index contributed by atoms with van der Waals surface area (Å²) in [6.45, 7) is 2.53. The monoisotopic (exact) mass is 459 g/mol. The molecule has 0 amide bonds. The van der Waals surface area contributed by atoms with Crippen molar-refractivity contribution < 1.29 is 9.47 Å². The zero-order chi connectivity index (χ0) is 21.8. The molecule has 1 N–H and O–H groups in total. The number of hydrogen-bond acceptors (Lipinski definition) is 3. The number of hydrogen-bond donors (Lipinski definition) is 1. The average Bonchev–Trinajstić information content (AvgIpc) is 2.87. The van der Waals surface area contributed by atoms with Crippen molar-refractivity contribution in [1.82, 2.24) is 5.32 Å². The van der Waals surface area contributed by atoms with Gasteiger partial charge in [-0.25, -0.2) is 0 Å². The van der Waals surface area contributed by atoms with Gasteiger partial charge in [0.15, 0.2) is 0 Å². The van der Waals surface area contributed by atoms with Gasteiger partial charge in [-0.1, -0.05) is 72.8 Å². The van der Waals surface area contributed by atoms with Gasteiger partial charge in [-0.15, -0.1) is 12.4 Å². The lowest BCUT2D eigenvalue weighted by atomic mass is 9.86. The van der Waals surface area contributed by atoms with Crippen molar-refractivity contribution >= 4 is 23.2 Å². The predicted octanol–water partition coefficient (Wildman–Crippen LogP) is 6.60. The van der Waals surface area contributed by atoms with E-state index in [1.807, 2.05) is 12.1 Å². The molecule has 2 unspecified atom stereocenters. The van der Waals surface area contributed by atoms with Crippen LogP contribution in [0.25, 0.3) is 21.9 Å². The lowest BCUT2D eigenvalue weighted by molar-refractivity contribution is 0.0107. The summed E-state index contributed by atoms with van der Waals surface area (Å²) in [6, 6.07) is 32.3. The lowest BCUT2D eigenvalue weighted by Gasteiger charge is -2.33. The second-order valence-corrected chi connectivity index (χ2v) is 8.48. The van der Waals surface area contributed by atoms with Gasteiger partial charge in [0.25, 0.3) is 0 Å². The van der Waals surface area contributed by atoms with Crippen LogP contribution in [0, 0.1) is 0 Å². The Morgan fingerprint density at radius 1 is 0.818 bits per heavy atom. The van der Waals surface area contributed by atoms with Gasteiger partial charge in [-0.05, 0) is 64.2 Å². The molecule has 4 heteroatoms. The number of rotatable bonds is 6. The number of halogens is 1. The Morgan fingerprint density at radius 3 is 2.45 bits per heavy atom. The largest absolute Gasteiger partial charge is 0.497 e. The highest BCUT2D eigenvalue weighted by atomic mass is 35.5. The van der Waals surface area contributed by atoms with E-state index in [1.165, 1.54) is 33.0 Å². The summed E-state index contributed by atoms with van der Waals surface area (Å²) < 4.78 is 11.8. The molecule has 0 aromatic heterocycles. The molecule has 1 fully saturated rings. The van der Waals surface area contributed by atoms with E-state index in [0.717, 1.165) is 25.3 Å². The number of ether oxygens (including phenoxy) is 2. The van der Waals surface area contributed by atoms with Crippen molar-refractivity contribution in [3.05, 3.63) is 102 Å². The Balaban J connectivity index is 0.00000259. The first kappa shape index (κ1) is 23.3. The minimum atomic E-state index is 0. The summed E-state index contributed by atoms with van der Waals surface area (Å²) in [5, 5.41) is 6.05. The highest BCUT2D eigenvalue weighted by Crippen LogP contribution is 2.32. The summed E-state index contributed by atoms with van der Waals surface area (Å²) in [4.78, 5) is 0. The summed E-state index contributed by atoms with van der Waals surface area (Å²) >= 11 is 0. The molecule has 1 saturated heterocycles. The van der Waals surface area contributed by atoms with Crippen LogP contribution in [0.15, 0.2) is 91.0 Å². The quantitative estimate of drug-likeness (QED) is 0.352. The maximum absolute atomic E-state index is 6.48. The third kappa shape index (κ3) is 5.39. The van der Waals surface area contributed by atoms with Crippen molar-refractivity contribution in [3.8, 4) is 16.9 Å². The topological polar surface area (TPSA) is 30.5 Å². The molecule has 2 atom stereocenters. The van der Waals surface area contributed by atoms with Crippen molar-refractivity contribution in [3.63, 3.8) is 0 Å². The second-order valence-electron chi connectivity index (χ2n) is 8.48. The minimum absolute atomic E-state index is 0. The Kier molecular flexibility index (Phi) is 7.66. The summed E-state index contributed by atoms with van der Waals surface area (Å²) in [7, 11) is 1.70. The minimum Gasteiger partial charge on any atom is -0.497 e. The first-order valence-corrected chi connectivity index (χ1v) is 11.3. The smallest absolute Gasteiger partial charge is 0.118 e. The summed E-state index contributed by atoms with van der Waals surface area (Å²) in [5.74, 6) is 1.26. The second kappa shape index (κ2) is 10.8. The molecule has 0 saturated carbocycles. The van der Waals surface area contributed by atoms with Crippen molar-refractivity contribution in [2.45, 2.75) is 25.0 Å². The van der Waals surface area contributed by atoms with Crippen molar-refractivity contribution in [1.29, 1.82) is 0 Å². The Morgan fingerprint density at radius 2 is 1.64 bits per heavy atom. The molecule has 170 valence electrons. The van der Waals surface area contributed by atoms with Gasteiger partial charge >= 0.3 is 0 Å². The summed E-state index contributed by atoms with van der Waals surface area (Å²) in [5.41, 5.74) is 5.01. The summed E-state index contributed by atoms with van der Waals surface area (Å²) in [6.07, 6.45) is 1.23. The van der Waals surface area contributed by atoms with E-state index in [2.05, 4.69) is 84.2 Å². The van der Waals surface area contributed by atoms with E-state index >= 15 is 0 Å². The van der Waals surface area contributed by atoms with Gasteiger partial charge < -0.3 is 14.8 Å². The van der Waals surface area contributed by atoms with Gasteiger partial charge in [0.05, 0.1) is 19.8 Å². The highest BCUT2D eigenvalue weighted by Gasteiger charge is 2.27. The van der Waals surface area contributed by atoms with Gasteiger partial charge in [-0.3, -0.25) is 0 Å². The first-order valence-electron chi connectivity index (χ1n) is 11.3. The molecular formula is C29H30ClNO2. The van der Waals surface area contributed by atoms with Crippen LogP contribution in [-0.4, -0.2) is 26.3 Å². The van der Waals surface area contributed by atoms with E-state index in [9.17, 15) is 0 Å². The van der Waals surface area contributed by atoms with E-state index in [0.29, 0.717) is 12.5 Å². The fourth-order valence-corrected chi connectivity index (χ4v) is 4.65.